The fourth-order valence-corrected chi connectivity index (χ4v) is 7.47. The molecule has 1 heterocycles. The van der Waals surface area contributed by atoms with Gasteiger partial charge < -0.3 is 14.9 Å². The minimum Gasteiger partial charge on any atom is -0.504 e. The Hall–Kier alpha value is -1.98. The Morgan fingerprint density at radius 1 is 1.14 bits per heavy atom. The summed E-state index contributed by atoms with van der Waals surface area (Å²) in [6.07, 6.45) is 5.20. The third-order valence-electron chi connectivity index (χ3n) is 8.59. The van der Waals surface area contributed by atoms with Crippen molar-refractivity contribution in [2.24, 2.45) is 22.7 Å². The quantitative estimate of drug-likeness (QED) is 0.400. The number of rotatable bonds is 2. The van der Waals surface area contributed by atoms with Gasteiger partial charge in [-0.3, -0.25) is 10.1 Å². The summed E-state index contributed by atoms with van der Waals surface area (Å²) in [5.41, 5.74) is 0.213. The van der Waals surface area contributed by atoms with Crippen LogP contribution in [0.1, 0.15) is 78.2 Å². The number of nitro groups is 1. The molecule has 1 unspecified atom stereocenters. The third kappa shape index (κ3) is 2.82. The summed E-state index contributed by atoms with van der Waals surface area (Å²) in [7, 11) is 0. The van der Waals surface area contributed by atoms with E-state index in [2.05, 4.69) is 27.7 Å². The number of nitrogens with zero attached hydrogens (tertiary/aromatic N) is 1. The van der Waals surface area contributed by atoms with Crippen LogP contribution < -0.4 is 4.74 Å². The molecule has 2 fully saturated rings. The summed E-state index contributed by atoms with van der Waals surface area (Å²) in [6.45, 7) is 10.8. The summed E-state index contributed by atoms with van der Waals surface area (Å²) < 4.78 is 6.51. The summed E-state index contributed by atoms with van der Waals surface area (Å²) >= 11 is 0. The van der Waals surface area contributed by atoms with Crippen molar-refractivity contribution in [2.45, 2.75) is 84.3 Å². The molecule has 160 valence electrons. The zero-order valence-corrected chi connectivity index (χ0v) is 18.1. The second-order valence-electron chi connectivity index (χ2n) is 10.8. The van der Waals surface area contributed by atoms with Crippen LogP contribution in [0.25, 0.3) is 0 Å². The van der Waals surface area contributed by atoms with Crippen molar-refractivity contribution in [3.8, 4) is 17.2 Å². The molecule has 1 aromatic carbocycles. The number of fused-ring (bicyclic) bond motifs is 4. The molecule has 2 N–H and O–H groups in total. The number of phenolic OH excluding ortho intramolecular Hbond substituents is 2. The fraction of sp³-hybridized carbons (Fsp3) is 0.739. The maximum atomic E-state index is 12.0. The molecule has 0 aromatic heterocycles. The zero-order chi connectivity index (χ0) is 21.4. The molecule has 4 rings (SSSR count). The van der Waals surface area contributed by atoms with Gasteiger partial charge in [0, 0.05) is 29.4 Å². The molecule has 6 atom stereocenters. The molecule has 2 aliphatic carbocycles. The molecule has 2 saturated carbocycles. The van der Waals surface area contributed by atoms with Gasteiger partial charge in [-0.15, -0.1) is 0 Å². The average molecular weight is 404 g/mol. The van der Waals surface area contributed by atoms with Gasteiger partial charge in [0.05, 0.1) is 5.92 Å². The van der Waals surface area contributed by atoms with Gasteiger partial charge in [-0.2, -0.15) is 0 Å². The Morgan fingerprint density at radius 2 is 1.79 bits per heavy atom. The third-order valence-corrected chi connectivity index (χ3v) is 8.59. The van der Waals surface area contributed by atoms with E-state index in [1.807, 2.05) is 0 Å². The molecule has 0 amide bonds. The van der Waals surface area contributed by atoms with E-state index >= 15 is 0 Å². The maximum Gasteiger partial charge on any atom is 0.217 e. The highest BCUT2D eigenvalue weighted by Gasteiger charge is 2.65. The second-order valence-corrected chi connectivity index (χ2v) is 10.8. The van der Waals surface area contributed by atoms with Gasteiger partial charge in [-0.05, 0) is 55.4 Å². The number of ether oxygens (including phenoxy) is 1. The number of hydrogen-bond acceptors (Lipinski definition) is 5. The fourth-order valence-electron chi connectivity index (χ4n) is 7.47. The molecule has 0 bridgehead atoms. The van der Waals surface area contributed by atoms with Crippen LogP contribution in [0.15, 0.2) is 12.1 Å². The topological polar surface area (TPSA) is 92.8 Å². The van der Waals surface area contributed by atoms with E-state index in [0.29, 0.717) is 17.2 Å². The van der Waals surface area contributed by atoms with E-state index in [-0.39, 0.29) is 39.1 Å². The lowest BCUT2D eigenvalue weighted by Gasteiger charge is -2.65. The first-order valence-electron chi connectivity index (χ1n) is 10.8. The van der Waals surface area contributed by atoms with Crippen LogP contribution in [0.3, 0.4) is 0 Å². The van der Waals surface area contributed by atoms with Crippen LogP contribution in [0, 0.1) is 32.8 Å². The Labute approximate surface area is 172 Å². The minimum absolute atomic E-state index is 0.0369. The molecule has 0 spiro atoms. The van der Waals surface area contributed by atoms with Gasteiger partial charge >= 0.3 is 0 Å². The van der Waals surface area contributed by atoms with Gasteiger partial charge in [-0.1, -0.05) is 27.2 Å². The van der Waals surface area contributed by atoms with E-state index in [1.165, 1.54) is 18.6 Å². The molecule has 29 heavy (non-hydrogen) atoms. The Balaban J connectivity index is 1.94. The standard InChI is InChI=1S/C23H33NO5/c1-13(24(27)28)19-14-11-15(25)16(26)12-17(14)29-23(5)10-7-18-21(2,3)8-6-9-22(18,4)20(19)23/h11-13,18-20,25-26H,6-10H2,1-5H3/t13?,18-,19+,20+,22-,23-/m0/s1. The second kappa shape index (κ2) is 6.26. The van der Waals surface area contributed by atoms with E-state index in [4.69, 9.17) is 4.74 Å². The highest BCUT2D eigenvalue weighted by atomic mass is 16.6. The normalized spacial score (nSPS) is 38.7. The lowest BCUT2D eigenvalue weighted by molar-refractivity contribution is -0.526. The highest BCUT2D eigenvalue weighted by molar-refractivity contribution is 5.53. The van der Waals surface area contributed by atoms with Gasteiger partial charge in [0.1, 0.15) is 11.4 Å². The summed E-state index contributed by atoms with van der Waals surface area (Å²) in [5.74, 6) is 0.0149. The molecule has 1 aromatic rings. The lowest BCUT2D eigenvalue weighted by atomic mass is 9.42. The van der Waals surface area contributed by atoms with Crippen molar-refractivity contribution in [3.63, 3.8) is 0 Å². The maximum absolute atomic E-state index is 12.0. The van der Waals surface area contributed by atoms with Crippen LogP contribution in [0.2, 0.25) is 0 Å². The summed E-state index contributed by atoms with van der Waals surface area (Å²) in [4.78, 5) is 11.8. The van der Waals surface area contributed by atoms with E-state index in [0.717, 1.165) is 25.7 Å². The molecule has 0 radical (unpaired) electrons. The van der Waals surface area contributed by atoms with Crippen LogP contribution in [0.4, 0.5) is 0 Å². The molecular formula is C23H33NO5. The van der Waals surface area contributed by atoms with Crippen LogP contribution in [-0.4, -0.2) is 26.8 Å². The predicted molar refractivity (Wildman–Crippen MR) is 110 cm³/mol. The van der Waals surface area contributed by atoms with E-state index < -0.39 is 11.6 Å². The van der Waals surface area contributed by atoms with Crippen LogP contribution in [-0.2, 0) is 0 Å². The Bertz CT molecular complexity index is 852. The van der Waals surface area contributed by atoms with Crippen molar-refractivity contribution in [3.05, 3.63) is 27.8 Å². The van der Waals surface area contributed by atoms with Gasteiger partial charge in [0.25, 0.3) is 0 Å². The first-order valence-corrected chi connectivity index (χ1v) is 10.8. The van der Waals surface area contributed by atoms with Crippen molar-refractivity contribution < 1.29 is 19.9 Å². The largest absolute Gasteiger partial charge is 0.504 e. The van der Waals surface area contributed by atoms with E-state index in [9.17, 15) is 20.3 Å². The molecule has 6 nitrogen and oxygen atoms in total. The monoisotopic (exact) mass is 403 g/mol. The van der Waals surface area contributed by atoms with Crippen LogP contribution >= 0.6 is 0 Å². The molecule has 0 saturated heterocycles. The lowest BCUT2D eigenvalue weighted by Crippen LogP contribution is -2.64. The number of phenols is 2. The smallest absolute Gasteiger partial charge is 0.217 e. The van der Waals surface area contributed by atoms with Gasteiger partial charge in [-0.25, -0.2) is 0 Å². The highest BCUT2D eigenvalue weighted by Crippen LogP contribution is 2.68. The molecular weight excluding hydrogens is 370 g/mol. The van der Waals surface area contributed by atoms with Gasteiger partial charge in [0.2, 0.25) is 6.04 Å². The predicted octanol–water partition coefficient (Wildman–Crippen LogP) is 5.24. The first-order chi connectivity index (χ1) is 13.4. The SMILES string of the molecule is CC([C@@H]1c2cc(O)c(O)cc2O[C@@]2(C)CC[C@H]3C(C)(C)CCC[C@]3(C)[C@@H]12)[N+](=O)[O-]. The van der Waals surface area contributed by atoms with Crippen molar-refractivity contribution in [2.75, 3.05) is 0 Å². The Kier molecular flexibility index (Phi) is 4.38. The molecule has 6 heteroatoms. The number of aromatic hydroxyl groups is 2. The molecule has 3 aliphatic rings. The van der Waals surface area contributed by atoms with Crippen molar-refractivity contribution >= 4 is 0 Å². The van der Waals surface area contributed by atoms with E-state index in [1.54, 1.807) is 6.92 Å². The minimum atomic E-state index is -0.813. The van der Waals surface area contributed by atoms with Gasteiger partial charge in [0.15, 0.2) is 11.5 Å². The number of benzene rings is 1. The zero-order valence-electron chi connectivity index (χ0n) is 18.1. The average Bonchev–Trinajstić information content (AvgIpc) is 2.60. The molecule has 1 aliphatic heterocycles. The first kappa shape index (κ1) is 20.3. The van der Waals surface area contributed by atoms with Crippen molar-refractivity contribution in [1.82, 2.24) is 0 Å². The number of hydrogen-bond donors (Lipinski definition) is 2. The summed E-state index contributed by atoms with van der Waals surface area (Å²) in [6, 6.07) is 2.09. The Morgan fingerprint density at radius 3 is 2.45 bits per heavy atom. The summed E-state index contributed by atoms with van der Waals surface area (Å²) in [5, 5.41) is 32.2. The van der Waals surface area contributed by atoms with Crippen LogP contribution in [0.5, 0.6) is 17.2 Å². The van der Waals surface area contributed by atoms with Crippen molar-refractivity contribution in [1.29, 1.82) is 0 Å².